The van der Waals surface area contributed by atoms with Gasteiger partial charge in [-0.1, -0.05) is 0 Å². The third-order valence-electron chi connectivity index (χ3n) is 3.87. The molecule has 5 nitrogen and oxygen atoms in total. The SMILES string of the molecule is CN1CCC(Nc2nccn(C3CC3)c2=O)CC1. The number of hydrogen-bond donors (Lipinski definition) is 1. The van der Waals surface area contributed by atoms with Crippen LogP contribution in [-0.2, 0) is 0 Å². The van der Waals surface area contributed by atoms with Gasteiger partial charge in [0.25, 0.3) is 5.56 Å². The van der Waals surface area contributed by atoms with Crippen LogP contribution in [0.3, 0.4) is 0 Å². The minimum atomic E-state index is 0.0407. The van der Waals surface area contributed by atoms with Crippen molar-refractivity contribution < 1.29 is 0 Å². The third kappa shape index (κ3) is 2.41. The molecule has 98 valence electrons. The van der Waals surface area contributed by atoms with Crippen molar-refractivity contribution in [2.75, 3.05) is 25.5 Å². The largest absolute Gasteiger partial charge is 0.363 e. The zero-order valence-corrected chi connectivity index (χ0v) is 10.8. The molecule has 1 saturated heterocycles. The molecule has 1 aliphatic heterocycles. The molecule has 0 atom stereocenters. The van der Waals surface area contributed by atoms with Gasteiger partial charge in [0.15, 0.2) is 5.82 Å². The van der Waals surface area contributed by atoms with Crippen LogP contribution < -0.4 is 10.9 Å². The highest BCUT2D eigenvalue weighted by molar-refractivity contribution is 5.32. The lowest BCUT2D eigenvalue weighted by Gasteiger charge is -2.29. The fraction of sp³-hybridized carbons (Fsp3) is 0.692. The average molecular weight is 248 g/mol. The van der Waals surface area contributed by atoms with Crippen LogP contribution in [-0.4, -0.2) is 40.6 Å². The average Bonchev–Trinajstić information content (AvgIpc) is 3.19. The smallest absolute Gasteiger partial charge is 0.293 e. The van der Waals surface area contributed by atoms with E-state index in [0.29, 0.717) is 17.9 Å². The highest BCUT2D eigenvalue weighted by Gasteiger charge is 2.26. The van der Waals surface area contributed by atoms with Gasteiger partial charge in [0.1, 0.15) is 0 Å². The predicted molar refractivity (Wildman–Crippen MR) is 70.9 cm³/mol. The van der Waals surface area contributed by atoms with Gasteiger partial charge in [-0.25, -0.2) is 4.98 Å². The first-order chi connectivity index (χ1) is 8.74. The Kier molecular flexibility index (Phi) is 3.07. The minimum absolute atomic E-state index is 0.0407. The van der Waals surface area contributed by atoms with E-state index in [0.717, 1.165) is 38.8 Å². The van der Waals surface area contributed by atoms with Crippen LogP contribution in [0.5, 0.6) is 0 Å². The molecular formula is C13H20N4O. The van der Waals surface area contributed by atoms with Crippen LogP contribution in [0.4, 0.5) is 5.82 Å². The molecule has 0 spiro atoms. The van der Waals surface area contributed by atoms with Gasteiger partial charge in [-0.2, -0.15) is 0 Å². The Labute approximate surface area is 107 Å². The minimum Gasteiger partial charge on any atom is -0.363 e. The normalized spacial score (nSPS) is 22.1. The van der Waals surface area contributed by atoms with E-state index in [2.05, 4.69) is 22.2 Å². The molecule has 1 N–H and O–H groups in total. The van der Waals surface area contributed by atoms with E-state index >= 15 is 0 Å². The van der Waals surface area contributed by atoms with Crippen LogP contribution in [0.25, 0.3) is 0 Å². The van der Waals surface area contributed by atoms with E-state index in [4.69, 9.17) is 0 Å². The van der Waals surface area contributed by atoms with E-state index in [-0.39, 0.29) is 5.56 Å². The van der Waals surface area contributed by atoms with Crippen LogP contribution in [0.2, 0.25) is 0 Å². The second kappa shape index (κ2) is 4.72. The zero-order chi connectivity index (χ0) is 12.5. The first kappa shape index (κ1) is 11.7. The maximum Gasteiger partial charge on any atom is 0.293 e. The fourth-order valence-corrected chi connectivity index (χ4v) is 2.51. The zero-order valence-electron chi connectivity index (χ0n) is 10.8. The Morgan fingerprint density at radius 1 is 1.28 bits per heavy atom. The van der Waals surface area contributed by atoms with Crippen molar-refractivity contribution in [2.24, 2.45) is 0 Å². The molecule has 1 aromatic rings. The van der Waals surface area contributed by atoms with Crippen LogP contribution in [0.1, 0.15) is 31.7 Å². The number of anilines is 1. The van der Waals surface area contributed by atoms with Crippen molar-refractivity contribution in [3.8, 4) is 0 Å². The van der Waals surface area contributed by atoms with E-state index < -0.39 is 0 Å². The quantitative estimate of drug-likeness (QED) is 0.870. The maximum absolute atomic E-state index is 12.2. The molecule has 1 aliphatic carbocycles. The van der Waals surface area contributed by atoms with Gasteiger partial charge >= 0.3 is 0 Å². The Hall–Kier alpha value is -1.36. The van der Waals surface area contributed by atoms with Gasteiger partial charge in [0.2, 0.25) is 0 Å². The summed E-state index contributed by atoms with van der Waals surface area (Å²) in [6, 6.07) is 0.801. The van der Waals surface area contributed by atoms with Crippen LogP contribution in [0.15, 0.2) is 17.2 Å². The van der Waals surface area contributed by atoms with Gasteiger partial charge in [0.05, 0.1) is 0 Å². The molecule has 0 radical (unpaired) electrons. The summed E-state index contributed by atoms with van der Waals surface area (Å²) in [5.41, 5.74) is 0.0407. The second-order valence-electron chi connectivity index (χ2n) is 5.44. The van der Waals surface area contributed by atoms with Gasteiger partial charge in [-0.15, -0.1) is 0 Å². The number of aromatic nitrogens is 2. The molecule has 0 unspecified atom stereocenters. The van der Waals surface area contributed by atoms with Crippen molar-refractivity contribution >= 4 is 5.82 Å². The van der Waals surface area contributed by atoms with Crippen LogP contribution >= 0.6 is 0 Å². The van der Waals surface area contributed by atoms with E-state index in [1.54, 1.807) is 12.4 Å². The van der Waals surface area contributed by atoms with Crippen molar-refractivity contribution in [3.05, 3.63) is 22.7 Å². The highest BCUT2D eigenvalue weighted by Crippen LogP contribution is 2.33. The Bertz CT molecular complexity index is 472. The number of hydrogen-bond acceptors (Lipinski definition) is 4. The van der Waals surface area contributed by atoms with Gasteiger partial charge < -0.3 is 14.8 Å². The number of likely N-dealkylation sites (tertiary alicyclic amines) is 1. The molecule has 2 fully saturated rings. The molecule has 5 heteroatoms. The maximum atomic E-state index is 12.2. The molecule has 0 amide bonds. The predicted octanol–water partition coefficient (Wildman–Crippen LogP) is 1.08. The summed E-state index contributed by atoms with van der Waals surface area (Å²) in [6.07, 6.45) is 7.94. The highest BCUT2D eigenvalue weighted by atomic mass is 16.1. The Morgan fingerprint density at radius 2 is 2.00 bits per heavy atom. The molecule has 1 aromatic heterocycles. The molecule has 0 aromatic carbocycles. The lowest BCUT2D eigenvalue weighted by Crippen LogP contribution is -2.38. The summed E-state index contributed by atoms with van der Waals surface area (Å²) < 4.78 is 1.82. The van der Waals surface area contributed by atoms with Gasteiger partial charge in [0, 0.05) is 24.5 Å². The number of nitrogens with zero attached hydrogens (tertiary/aromatic N) is 3. The molecular weight excluding hydrogens is 228 g/mol. The summed E-state index contributed by atoms with van der Waals surface area (Å²) >= 11 is 0. The van der Waals surface area contributed by atoms with Crippen molar-refractivity contribution in [1.29, 1.82) is 0 Å². The first-order valence-corrected chi connectivity index (χ1v) is 6.76. The third-order valence-corrected chi connectivity index (χ3v) is 3.87. The van der Waals surface area contributed by atoms with E-state index in [1.807, 2.05) is 4.57 Å². The molecule has 18 heavy (non-hydrogen) atoms. The fourth-order valence-electron chi connectivity index (χ4n) is 2.51. The standard InChI is InChI=1S/C13H20N4O/c1-16-7-4-10(5-8-16)15-12-13(18)17(9-6-14-12)11-2-3-11/h6,9-11H,2-5,7-8H2,1H3,(H,14,15). The summed E-state index contributed by atoms with van der Waals surface area (Å²) in [4.78, 5) is 18.7. The number of rotatable bonds is 3. The molecule has 2 aliphatic rings. The molecule has 0 bridgehead atoms. The van der Waals surface area contributed by atoms with Crippen LogP contribution in [0, 0.1) is 0 Å². The lowest BCUT2D eigenvalue weighted by atomic mass is 10.1. The molecule has 3 rings (SSSR count). The lowest BCUT2D eigenvalue weighted by molar-refractivity contribution is 0.263. The summed E-state index contributed by atoms with van der Waals surface area (Å²) in [7, 11) is 2.14. The van der Waals surface area contributed by atoms with Gasteiger partial charge in [-0.3, -0.25) is 4.79 Å². The number of nitrogens with one attached hydrogen (secondary N) is 1. The molecule has 2 heterocycles. The summed E-state index contributed by atoms with van der Waals surface area (Å²) in [5, 5.41) is 3.32. The van der Waals surface area contributed by atoms with Crippen molar-refractivity contribution in [3.63, 3.8) is 0 Å². The monoisotopic (exact) mass is 248 g/mol. The summed E-state index contributed by atoms with van der Waals surface area (Å²) in [6.45, 7) is 2.17. The van der Waals surface area contributed by atoms with E-state index in [1.165, 1.54) is 0 Å². The Balaban J connectivity index is 1.72. The van der Waals surface area contributed by atoms with Crippen molar-refractivity contribution in [1.82, 2.24) is 14.5 Å². The topological polar surface area (TPSA) is 50.2 Å². The summed E-state index contributed by atoms with van der Waals surface area (Å²) in [5.74, 6) is 0.527. The first-order valence-electron chi connectivity index (χ1n) is 6.76. The second-order valence-corrected chi connectivity index (χ2v) is 5.44. The number of piperidine rings is 1. The van der Waals surface area contributed by atoms with Crippen molar-refractivity contribution in [2.45, 2.75) is 37.8 Å². The Morgan fingerprint density at radius 3 is 2.67 bits per heavy atom. The van der Waals surface area contributed by atoms with Gasteiger partial charge in [-0.05, 0) is 45.8 Å². The van der Waals surface area contributed by atoms with E-state index in [9.17, 15) is 4.79 Å². The molecule has 1 saturated carbocycles.